The molecule has 0 amide bonds. The van der Waals surface area contributed by atoms with E-state index >= 15 is 0 Å². The van der Waals surface area contributed by atoms with Crippen LogP contribution in [0.25, 0.3) is 0 Å². The van der Waals surface area contributed by atoms with Gasteiger partial charge in [0.1, 0.15) is 0 Å². The van der Waals surface area contributed by atoms with Crippen molar-refractivity contribution in [1.29, 1.82) is 0 Å². The van der Waals surface area contributed by atoms with E-state index in [1.807, 2.05) is 24.0 Å². The fraction of sp³-hybridized carbons (Fsp3) is 0.727. The lowest BCUT2D eigenvalue weighted by Crippen LogP contribution is -2.29. The van der Waals surface area contributed by atoms with Crippen molar-refractivity contribution in [1.82, 2.24) is 15.1 Å². The predicted octanol–water partition coefficient (Wildman–Crippen LogP) is 0.936. The summed E-state index contributed by atoms with van der Waals surface area (Å²) < 4.78 is 7.48. The smallest absolute Gasteiger partial charge is 0.0906 e. The SMILES string of the molecule is Cn1ccc(COCC2CCNCC2)n1. The minimum atomic E-state index is 0.644. The molecule has 0 aliphatic carbocycles. The second kappa shape index (κ2) is 5.28. The summed E-state index contributed by atoms with van der Waals surface area (Å²) in [5.74, 6) is 0.731. The van der Waals surface area contributed by atoms with Crippen LogP contribution in [0.2, 0.25) is 0 Å². The first-order chi connectivity index (χ1) is 7.34. The normalized spacial score (nSPS) is 18.2. The average molecular weight is 209 g/mol. The monoisotopic (exact) mass is 209 g/mol. The van der Waals surface area contributed by atoms with Crippen LogP contribution >= 0.6 is 0 Å². The van der Waals surface area contributed by atoms with Crippen molar-refractivity contribution in [2.75, 3.05) is 19.7 Å². The molecule has 1 aliphatic heterocycles. The van der Waals surface area contributed by atoms with Crippen LogP contribution < -0.4 is 5.32 Å². The van der Waals surface area contributed by atoms with Crippen molar-refractivity contribution in [2.45, 2.75) is 19.4 Å². The average Bonchev–Trinajstić information content (AvgIpc) is 2.66. The highest BCUT2D eigenvalue weighted by Crippen LogP contribution is 2.12. The Labute approximate surface area is 90.6 Å². The molecule has 4 nitrogen and oxygen atoms in total. The molecule has 84 valence electrons. The van der Waals surface area contributed by atoms with Crippen LogP contribution in [-0.2, 0) is 18.4 Å². The lowest BCUT2D eigenvalue weighted by atomic mass is 9.99. The van der Waals surface area contributed by atoms with Crippen LogP contribution in [0.3, 0.4) is 0 Å². The molecule has 1 fully saturated rings. The van der Waals surface area contributed by atoms with Gasteiger partial charge >= 0.3 is 0 Å². The Balaban J connectivity index is 1.65. The highest BCUT2D eigenvalue weighted by molar-refractivity contribution is 4.96. The maximum Gasteiger partial charge on any atom is 0.0906 e. The molecular weight excluding hydrogens is 190 g/mol. The zero-order valence-corrected chi connectivity index (χ0v) is 9.28. The van der Waals surface area contributed by atoms with E-state index in [1.165, 1.54) is 12.8 Å². The fourth-order valence-corrected chi connectivity index (χ4v) is 1.92. The van der Waals surface area contributed by atoms with Gasteiger partial charge in [-0.25, -0.2) is 0 Å². The number of hydrogen-bond acceptors (Lipinski definition) is 3. The molecule has 1 saturated heterocycles. The van der Waals surface area contributed by atoms with Gasteiger partial charge in [0.15, 0.2) is 0 Å². The van der Waals surface area contributed by atoms with Gasteiger partial charge in [0.25, 0.3) is 0 Å². The van der Waals surface area contributed by atoms with Crippen molar-refractivity contribution in [3.63, 3.8) is 0 Å². The van der Waals surface area contributed by atoms with Crippen LogP contribution in [-0.4, -0.2) is 29.5 Å². The van der Waals surface area contributed by atoms with Crippen molar-refractivity contribution in [3.8, 4) is 0 Å². The summed E-state index contributed by atoms with van der Waals surface area (Å²) in [6, 6.07) is 2.00. The number of piperidine rings is 1. The first-order valence-corrected chi connectivity index (χ1v) is 5.61. The lowest BCUT2D eigenvalue weighted by Gasteiger charge is -2.22. The quantitative estimate of drug-likeness (QED) is 0.802. The van der Waals surface area contributed by atoms with Crippen LogP contribution in [0.4, 0.5) is 0 Å². The molecule has 0 atom stereocenters. The van der Waals surface area contributed by atoms with Crippen molar-refractivity contribution in [2.24, 2.45) is 13.0 Å². The van der Waals surface area contributed by atoms with E-state index < -0.39 is 0 Å². The third-order valence-electron chi connectivity index (χ3n) is 2.83. The summed E-state index contributed by atoms with van der Waals surface area (Å²) in [5.41, 5.74) is 1.02. The van der Waals surface area contributed by atoms with Crippen molar-refractivity contribution in [3.05, 3.63) is 18.0 Å². The zero-order chi connectivity index (χ0) is 10.5. The molecule has 1 aromatic rings. The molecule has 2 heterocycles. The van der Waals surface area contributed by atoms with E-state index in [-0.39, 0.29) is 0 Å². The van der Waals surface area contributed by atoms with Gasteiger partial charge in [0.2, 0.25) is 0 Å². The summed E-state index contributed by atoms with van der Waals surface area (Å²) in [6.45, 7) is 3.79. The number of nitrogens with one attached hydrogen (secondary N) is 1. The second-order valence-electron chi connectivity index (χ2n) is 4.19. The Hall–Kier alpha value is -0.870. The molecule has 2 rings (SSSR count). The minimum absolute atomic E-state index is 0.644. The van der Waals surface area contributed by atoms with Gasteiger partial charge in [-0.15, -0.1) is 0 Å². The fourth-order valence-electron chi connectivity index (χ4n) is 1.92. The van der Waals surface area contributed by atoms with E-state index in [1.54, 1.807) is 0 Å². The molecule has 1 N–H and O–H groups in total. The number of aryl methyl sites for hydroxylation is 1. The summed E-state index contributed by atoms with van der Waals surface area (Å²) >= 11 is 0. The molecule has 0 saturated carbocycles. The molecule has 0 aromatic carbocycles. The van der Waals surface area contributed by atoms with Gasteiger partial charge in [-0.1, -0.05) is 0 Å². The van der Waals surface area contributed by atoms with E-state index in [4.69, 9.17) is 4.74 Å². The van der Waals surface area contributed by atoms with Crippen LogP contribution in [0.5, 0.6) is 0 Å². The molecule has 4 heteroatoms. The van der Waals surface area contributed by atoms with E-state index in [0.717, 1.165) is 31.3 Å². The van der Waals surface area contributed by atoms with Gasteiger partial charge < -0.3 is 10.1 Å². The van der Waals surface area contributed by atoms with Gasteiger partial charge in [-0.3, -0.25) is 4.68 Å². The highest BCUT2D eigenvalue weighted by atomic mass is 16.5. The highest BCUT2D eigenvalue weighted by Gasteiger charge is 2.12. The van der Waals surface area contributed by atoms with Gasteiger partial charge in [-0.05, 0) is 37.9 Å². The number of hydrogen-bond donors (Lipinski definition) is 1. The van der Waals surface area contributed by atoms with Crippen LogP contribution in [0, 0.1) is 5.92 Å². The second-order valence-corrected chi connectivity index (χ2v) is 4.19. The molecular formula is C11H19N3O. The first kappa shape index (κ1) is 10.6. The third-order valence-corrected chi connectivity index (χ3v) is 2.83. The molecule has 0 bridgehead atoms. The Morgan fingerprint density at radius 3 is 3.00 bits per heavy atom. The van der Waals surface area contributed by atoms with E-state index in [2.05, 4.69) is 10.4 Å². The molecule has 0 unspecified atom stereocenters. The topological polar surface area (TPSA) is 39.1 Å². The van der Waals surface area contributed by atoms with Gasteiger partial charge in [-0.2, -0.15) is 5.10 Å². The Bertz CT molecular complexity index is 292. The summed E-state index contributed by atoms with van der Waals surface area (Å²) in [7, 11) is 1.93. The van der Waals surface area contributed by atoms with Gasteiger partial charge in [0, 0.05) is 13.2 Å². The van der Waals surface area contributed by atoms with E-state index in [9.17, 15) is 0 Å². The number of rotatable bonds is 4. The third kappa shape index (κ3) is 3.32. The zero-order valence-electron chi connectivity index (χ0n) is 9.28. The lowest BCUT2D eigenvalue weighted by molar-refractivity contribution is 0.0741. The summed E-state index contributed by atoms with van der Waals surface area (Å²) in [5, 5.41) is 7.63. The van der Waals surface area contributed by atoms with Crippen LogP contribution in [0.15, 0.2) is 12.3 Å². The Morgan fingerprint density at radius 1 is 1.53 bits per heavy atom. The number of aromatic nitrogens is 2. The molecule has 0 radical (unpaired) electrons. The summed E-state index contributed by atoms with van der Waals surface area (Å²) in [6.07, 6.45) is 4.42. The predicted molar refractivity (Wildman–Crippen MR) is 58.5 cm³/mol. The maximum atomic E-state index is 5.67. The number of nitrogens with zero attached hydrogens (tertiary/aromatic N) is 2. The van der Waals surface area contributed by atoms with Crippen molar-refractivity contribution >= 4 is 0 Å². The molecule has 15 heavy (non-hydrogen) atoms. The standard InChI is InChI=1S/C11H19N3O/c1-14-7-4-11(13-14)9-15-8-10-2-5-12-6-3-10/h4,7,10,12H,2-3,5-6,8-9H2,1H3. The molecule has 0 spiro atoms. The van der Waals surface area contributed by atoms with E-state index in [0.29, 0.717) is 6.61 Å². The summed E-state index contributed by atoms with van der Waals surface area (Å²) in [4.78, 5) is 0. The molecule has 1 aliphatic rings. The van der Waals surface area contributed by atoms with Crippen LogP contribution in [0.1, 0.15) is 18.5 Å². The minimum Gasteiger partial charge on any atom is -0.375 e. The largest absolute Gasteiger partial charge is 0.375 e. The first-order valence-electron chi connectivity index (χ1n) is 5.61. The molecule has 1 aromatic heterocycles. The Kier molecular flexibility index (Phi) is 3.75. The maximum absolute atomic E-state index is 5.67. The van der Waals surface area contributed by atoms with Gasteiger partial charge in [0.05, 0.1) is 18.9 Å². The van der Waals surface area contributed by atoms with Crippen molar-refractivity contribution < 1.29 is 4.74 Å². The number of ether oxygens (including phenoxy) is 1. The Morgan fingerprint density at radius 2 is 2.33 bits per heavy atom.